The summed E-state index contributed by atoms with van der Waals surface area (Å²) in [7, 11) is 3.84. The summed E-state index contributed by atoms with van der Waals surface area (Å²) in [5, 5.41) is 0. The van der Waals surface area contributed by atoms with Crippen LogP contribution in [0.1, 0.15) is 44.6 Å². The number of anilines is 1. The van der Waals surface area contributed by atoms with Crippen molar-refractivity contribution in [2.45, 2.75) is 56.7 Å². The molecule has 1 aliphatic carbocycles. The van der Waals surface area contributed by atoms with Crippen LogP contribution in [-0.2, 0) is 14.9 Å². The van der Waals surface area contributed by atoms with Gasteiger partial charge in [0.15, 0.2) is 11.5 Å². The molecular weight excluding hydrogens is 330 g/mol. The molecule has 2 aliphatic heterocycles. The van der Waals surface area contributed by atoms with Crippen molar-refractivity contribution in [2.24, 2.45) is 0 Å². The molecule has 1 spiro atoms. The van der Waals surface area contributed by atoms with E-state index in [1.54, 1.807) is 7.11 Å². The van der Waals surface area contributed by atoms with E-state index in [4.69, 9.17) is 14.2 Å². The number of carbonyl (C=O) groups excluding carboxylic acids is 1. The standard InChI is InChI=1S/C21H27NO4/c1-4-5-6-18(23)25-16-8-7-15-19-20(16)26-17-13-14(24-3)9-10-21(17,19)11-12-22(15)2/h7-10,14,17H,4-6,11-13H2,1-3H3/t14-,17?,21?/m0/s1. The highest BCUT2D eigenvalue weighted by molar-refractivity contribution is 5.77. The second-order valence-corrected chi connectivity index (χ2v) is 7.55. The van der Waals surface area contributed by atoms with Gasteiger partial charge in [0.25, 0.3) is 0 Å². The quantitative estimate of drug-likeness (QED) is 0.458. The maximum atomic E-state index is 12.2. The first-order valence-electron chi connectivity index (χ1n) is 9.57. The molecule has 0 amide bonds. The van der Waals surface area contributed by atoms with Crippen molar-refractivity contribution in [2.75, 3.05) is 25.6 Å². The van der Waals surface area contributed by atoms with Crippen LogP contribution in [0, 0.1) is 0 Å². The summed E-state index contributed by atoms with van der Waals surface area (Å²) >= 11 is 0. The fourth-order valence-corrected chi connectivity index (χ4v) is 4.46. The van der Waals surface area contributed by atoms with Gasteiger partial charge in [-0.25, -0.2) is 0 Å². The van der Waals surface area contributed by atoms with Crippen LogP contribution < -0.4 is 14.4 Å². The van der Waals surface area contributed by atoms with Crippen LogP contribution in [0.4, 0.5) is 5.69 Å². The molecule has 2 unspecified atom stereocenters. The predicted octanol–water partition coefficient (Wildman–Crippen LogP) is 3.60. The molecule has 0 N–H and O–H groups in total. The van der Waals surface area contributed by atoms with E-state index in [1.165, 1.54) is 11.3 Å². The van der Waals surface area contributed by atoms with Gasteiger partial charge in [0.1, 0.15) is 6.10 Å². The van der Waals surface area contributed by atoms with Crippen LogP contribution in [0.5, 0.6) is 11.5 Å². The lowest BCUT2D eigenvalue weighted by Crippen LogP contribution is -2.47. The Morgan fingerprint density at radius 3 is 3.04 bits per heavy atom. The summed E-state index contributed by atoms with van der Waals surface area (Å²) in [6.45, 7) is 3.04. The molecule has 5 nitrogen and oxygen atoms in total. The summed E-state index contributed by atoms with van der Waals surface area (Å²) in [6, 6.07) is 3.94. The molecule has 3 atom stereocenters. The fourth-order valence-electron chi connectivity index (χ4n) is 4.46. The van der Waals surface area contributed by atoms with Crippen LogP contribution >= 0.6 is 0 Å². The summed E-state index contributed by atoms with van der Waals surface area (Å²) < 4.78 is 17.6. The van der Waals surface area contributed by atoms with Crippen LogP contribution in [0.3, 0.4) is 0 Å². The van der Waals surface area contributed by atoms with Gasteiger partial charge in [-0.05, 0) is 25.0 Å². The van der Waals surface area contributed by atoms with Gasteiger partial charge in [0.05, 0.1) is 11.5 Å². The molecule has 1 aromatic rings. The van der Waals surface area contributed by atoms with E-state index in [-0.39, 0.29) is 23.6 Å². The van der Waals surface area contributed by atoms with Crippen molar-refractivity contribution < 1.29 is 19.0 Å². The lowest BCUT2D eigenvalue weighted by atomic mass is 9.67. The minimum Gasteiger partial charge on any atom is -0.485 e. The maximum absolute atomic E-state index is 12.2. The molecule has 0 saturated heterocycles. The van der Waals surface area contributed by atoms with Crippen molar-refractivity contribution in [1.29, 1.82) is 0 Å². The summed E-state index contributed by atoms with van der Waals surface area (Å²) in [4.78, 5) is 14.4. The van der Waals surface area contributed by atoms with Crippen LogP contribution in [0.25, 0.3) is 0 Å². The predicted molar refractivity (Wildman–Crippen MR) is 100 cm³/mol. The zero-order valence-corrected chi connectivity index (χ0v) is 15.8. The van der Waals surface area contributed by atoms with Gasteiger partial charge in [0.2, 0.25) is 0 Å². The number of carbonyl (C=O) groups is 1. The van der Waals surface area contributed by atoms with Crippen LogP contribution in [0.2, 0.25) is 0 Å². The van der Waals surface area contributed by atoms with E-state index in [9.17, 15) is 4.79 Å². The first-order valence-corrected chi connectivity index (χ1v) is 9.57. The van der Waals surface area contributed by atoms with Gasteiger partial charge >= 0.3 is 5.97 Å². The summed E-state index contributed by atoms with van der Waals surface area (Å²) in [6.07, 6.45) is 8.57. The average Bonchev–Trinajstić information content (AvgIpc) is 3.00. The lowest BCUT2D eigenvalue weighted by Gasteiger charge is -2.42. The third-order valence-electron chi connectivity index (χ3n) is 5.99. The molecule has 140 valence electrons. The van der Waals surface area contributed by atoms with E-state index in [1.807, 2.05) is 6.07 Å². The first kappa shape index (κ1) is 17.4. The Kier molecular flexibility index (Phi) is 4.43. The van der Waals surface area contributed by atoms with E-state index >= 15 is 0 Å². The Morgan fingerprint density at radius 2 is 2.27 bits per heavy atom. The van der Waals surface area contributed by atoms with Gasteiger partial charge in [0, 0.05) is 44.8 Å². The molecule has 0 aromatic heterocycles. The number of benzene rings is 1. The fraction of sp³-hybridized carbons (Fsp3) is 0.571. The molecule has 4 rings (SSSR count). The average molecular weight is 357 g/mol. The van der Waals surface area contributed by atoms with Crippen molar-refractivity contribution in [1.82, 2.24) is 0 Å². The first-order chi connectivity index (χ1) is 12.6. The Labute approximate surface area is 154 Å². The smallest absolute Gasteiger partial charge is 0.311 e. The van der Waals surface area contributed by atoms with Gasteiger partial charge < -0.3 is 19.1 Å². The highest BCUT2D eigenvalue weighted by atomic mass is 16.6. The van der Waals surface area contributed by atoms with E-state index in [0.717, 1.165) is 38.0 Å². The number of nitrogens with zero attached hydrogens (tertiary/aromatic N) is 1. The van der Waals surface area contributed by atoms with E-state index < -0.39 is 0 Å². The third kappa shape index (κ3) is 2.60. The molecule has 0 radical (unpaired) electrons. The number of hydrogen-bond donors (Lipinski definition) is 0. The van der Waals surface area contributed by atoms with Crippen molar-refractivity contribution >= 4 is 11.7 Å². The number of methoxy groups -OCH3 is 1. The zero-order chi connectivity index (χ0) is 18.3. The number of rotatable bonds is 5. The Balaban J connectivity index is 1.74. The SMILES string of the molecule is CCCCC(=O)Oc1ccc2c3c1OC1C[C@@H](OC)C=CC31CCN2C. The largest absolute Gasteiger partial charge is 0.485 e. The molecule has 1 aromatic carbocycles. The molecule has 0 bridgehead atoms. The summed E-state index contributed by atoms with van der Waals surface area (Å²) in [5.41, 5.74) is 2.20. The number of esters is 1. The molecular formula is C21H27NO4. The monoisotopic (exact) mass is 357 g/mol. The number of ether oxygens (including phenoxy) is 3. The summed E-state index contributed by atoms with van der Waals surface area (Å²) in [5.74, 6) is 1.10. The van der Waals surface area contributed by atoms with Crippen molar-refractivity contribution in [3.05, 3.63) is 29.8 Å². The van der Waals surface area contributed by atoms with Crippen LogP contribution in [-0.4, -0.2) is 38.9 Å². The minimum absolute atomic E-state index is 0.0235. The Morgan fingerprint density at radius 1 is 1.42 bits per heavy atom. The van der Waals surface area contributed by atoms with Gasteiger partial charge in [-0.2, -0.15) is 0 Å². The zero-order valence-electron chi connectivity index (χ0n) is 15.8. The van der Waals surface area contributed by atoms with E-state index in [0.29, 0.717) is 12.2 Å². The number of unbranched alkanes of at least 4 members (excludes halogenated alkanes) is 1. The Hall–Kier alpha value is -2.01. The molecule has 2 heterocycles. The minimum atomic E-state index is -0.190. The van der Waals surface area contributed by atoms with E-state index in [2.05, 4.69) is 37.1 Å². The highest BCUT2D eigenvalue weighted by Crippen LogP contribution is 2.58. The van der Waals surface area contributed by atoms with Crippen molar-refractivity contribution in [3.63, 3.8) is 0 Å². The normalized spacial score (nSPS) is 28.3. The Bertz CT molecular complexity index is 744. The molecule has 5 heteroatoms. The van der Waals surface area contributed by atoms with Gasteiger partial charge in [-0.1, -0.05) is 25.5 Å². The molecule has 0 fully saturated rings. The third-order valence-corrected chi connectivity index (χ3v) is 5.99. The molecule has 26 heavy (non-hydrogen) atoms. The maximum Gasteiger partial charge on any atom is 0.311 e. The van der Waals surface area contributed by atoms with Crippen molar-refractivity contribution in [3.8, 4) is 11.5 Å². The number of hydrogen-bond acceptors (Lipinski definition) is 5. The van der Waals surface area contributed by atoms with Gasteiger partial charge in [-0.3, -0.25) is 4.79 Å². The van der Waals surface area contributed by atoms with Crippen LogP contribution in [0.15, 0.2) is 24.3 Å². The lowest BCUT2D eigenvalue weighted by molar-refractivity contribution is -0.134. The highest BCUT2D eigenvalue weighted by Gasteiger charge is 2.54. The second-order valence-electron chi connectivity index (χ2n) is 7.55. The molecule has 3 aliphatic rings. The van der Waals surface area contributed by atoms with Gasteiger partial charge in [-0.15, -0.1) is 0 Å². The topological polar surface area (TPSA) is 48.0 Å². The molecule has 0 saturated carbocycles. The second kappa shape index (κ2) is 6.62.